The smallest absolute Gasteiger partial charge is 0.0707 e. The highest BCUT2D eigenvalue weighted by Gasteiger charge is 2.09. The molecule has 0 aromatic heterocycles. The van der Waals surface area contributed by atoms with Crippen molar-refractivity contribution in [3.63, 3.8) is 0 Å². The van der Waals surface area contributed by atoms with E-state index in [-0.39, 0.29) is 11.1 Å². The van der Waals surface area contributed by atoms with E-state index in [1.54, 1.807) is 0 Å². The largest absolute Gasteiger partial charge is 0.379 e. The van der Waals surface area contributed by atoms with Crippen molar-refractivity contribution in [2.24, 2.45) is 0 Å². The lowest BCUT2D eigenvalue weighted by atomic mass is 10.1. The lowest BCUT2D eigenvalue weighted by molar-refractivity contribution is -0.0425. The van der Waals surface area contributed by atoms with Crippen molar-refractivity contribution in [3.8, 4) is 0 Å². The number of hydrogen-bond donors (Lipinski definition) is 1. The number of unbranched alkanes of at least 4 members (excludes halogenated alkanes) is 1. The Balaban J connectivity index is 3.10. The first-order valence-electron chi connectivity index (χ1n) is 7.75. The van der Waals surface area contributed by atoms with Crippen molar-refractivity contribution in [2.75, 3.05) is 39.6 Å². The Hall–Kier alpha value is -0.160. The molecule has 0 aromatic carbocycles. The van der Waals surface area contributed by atoms with Gasteiger partial charge in [-0.1, -0.05) is 0 Å². The summed E-state index contributed by atoms with van der Waals surface area (Å²) >= 11 is 0. The summed E-state index contributed by atoms with van der Waals surface area (Å²) in [5.41, 5.74) is 0.130. The molecule has 0 heterocycles. The highest BCUT2D eigenvalue weighted by atomic mass is 16.5. The number of nitrogens with one attached hydrogen (secondary N) is 1. The van der Waals surface area contributed by atoms with E-state index in [4.69, 9.17) is 14.2 Å². The summed E-state index contributed by atoms with van der Waals surface area (Å²) in [5.74, 6) is 0. The van der Waals surface area contributed by atoms with Crippen molar-refractivity contribution < 1.29 is 14.2 Å². The molecule has 0 aromatic rings. The molecule has 0 saturated heterocycles. The summed E-state index contributed by atoms with van der Waals surface area (Å²) in [4.78, 5) is 0. The monoisotopic (exact) mass is 289 g/mol. The number of rotatable bonds is 11. The van der Waals surface area contributed by atoms with E-state index >= 15 is 0 Å². The topological polar surface area (TPSA) is 39.7 Å². The lowest BCUT2D eigenvalue weighted by Gasteiger charge is -2.20. The highest BCUT2D eigenvalue weighted by molar-refractivity contribution is 4.69. The maximum atomic E-state index is 5.56. The first-order chi connectivity index (χ1) is 9.21. The van der Waals surface area contributed by atoms with Gasteiger partial charge in [-0.05, 0) is 60.9 Å². The van der Waals surface area contributed by atoms with Crippen molar-refractivity contribution in [1.29, 1.82) is 0 Å². The molecular weight excluding hydrogens is 254 g/mol. The molecule has 1 N–H and O–H groups in total. The second kappa shape index (κ2) is 10.6. The van der Waals surface area contributed by atoms with Gasteiger partial charge in [-0.3, -0.25) is 0 Å². The fraction of sp³-hybridized carbons (Fsp3) is 1.00. The standard InChI is InChI=1S/C16H35NO3/c1-15(2,3)17-9-7-8-10-18-11-12-19-13-14-20-16(4,5)6/h17H,7-14H2,1-6H3. The van der Waals surface area contributed by atoms with Crippen molar-refractivity contribution in [1.82, 2.24) is 5.32 Å². The van der Waals surface area contributed by atoms with Gasteiger partial charge < -0.3 is 19.5 Å². The number of ether oxygens (including phenoxy) is 3. The predicted molar refractivity (Wildman–Crippen MR) is 84.3 cm³/mol. The van der Waals surface area contributed by atoms with Gasteiger partial charge in [0.05, 0.1) is 32.0 Å². The molecule has 0 aliphatic rings. The van der Waals surface area contributed by atoms with E-state index in [1.807, 2.05) is 20.8 Å². The molecule has 4 nitrogen and oxygen atoms in total. The Morgan fingerprint density at radius 1 is 0.700 bits per heavy atom. The minimum absolute atomic E-state index is 0.0824. The second-order valence-electron chi connectivity index (χ2n) is 7.07. The van der Waals surface area contributed by atoms with Gasteiger partial charge in [0.1, 0.15) is 0 Å². The predicted octanol–water partition coefficient (Wildman–Crippen LogP) is 3.00. The molecule has 0 fully saturated rings. The van der Waals surface area contributed by atoms with Crippen LogP contribution in [0, 0.1) is 0 Å². The molecule has 0 aliphatic carbocycles. The Bertz CT molecular complexity index is 195. The van der Waals surface area contributed by atoms with Crippen LogP contribution in [0.2, 0.25) is 0 Å². The van der Waals surface area contributed by atoms with Crippen molar-refractivity contribution in [2.45, 2.75) is 65.5 Å². The van der Waals surface area contributed by atoms with E-state index in [0.717, 1.165) is 26.0 Å². The molecule has 122 valence electrons. The molecule has 0 radical (unpaired) electrons. The summed E-state index contributed by atoms with van der Waals surface area (Å²) in [6, 6.07) is 0. The van der Waals surface area contributed by atoms with Crippen LogP contribution >= 0.6 is 0 Å². The van der Waals surface area contributed by atoms with Crippen LogP contribution in [0.4, 0.5) is 0 Å². The van der Waals surface area contributed by atoms with E-state index < -0.39 is 0 Å². The fourth-order valence-electron chi connectivity index (χ4n) is 1.52. The van der Waals surface area contributed by atoms with Gasteiger partial charge in [0.25, 0.3) is 0 Å². The van der Waals surface area contributed by atoms with Crippen LogP contribution in [-0.2, 0) is 14.2 Å². The van der Waals surface area contributed by atoms with Crippen LogP contribution in [0.5, 0.6) is 0 Å². The van der Waals surface area contributed by atoms with Gasteiger partial charge in [0.2, 0.25) is 0 Å². The summed E-state index contributed by atoms with van der Waals surface area (Å²) in [5, 5.41) is 3.47. The van der Waals surface area contributed by atoms with E-state index in [9.17, 15) is 0 Å². The summed E-state index contributed by atoms with van der Waals surface area (Å²) in [6.45, 7) is 17.1. The van der Waals surface area contributed by atoms with Crippen molar-refractivity contribution >= 4 is 0 Å². The SMILES string of the molecule is CC(C)(C)NCCCCOCCOCCOC(C)(C)C. The van der Waals surface area contributed by atoms with Crippen LogP contribution < -0.4 is 5.32 Å². The third-order valence-electron chi connectivity index (χ3n) is 2.51. The van der Waals surface area contributed by atoms with Gasteiger partial charge in [0.15, 0.2) is 0 Å². The third kappa shape index (κ3) is 17.8. The quantitative estimate of drug-likeness (QED) is 0.594. The average Bonchev–Trinajstić information content (AvgIpc) is 2.27. The molecule has 0 rings (SSSR count). The van der Waals surface area contributed by atoms with Crippen molar-refractivity contribution in [3.05, 3.63) is 0 Å². The second-order valence-corrected chi connectivity index (χ2v) is 7.07. The Kier molecular flexibility index (Phi) is 10.5. The maximum Gasteiger partial charge on any atom is 0.0707 e. The zero-order valence-corrected chi connectivity index (χ0v) is 14.4. The molecule has 0 aliphatic heterocycles. The van der Waals surface area contributed by atoms with Gasteiger partial charge in [0, 0.05) is 12.1 Å². The Morgan fingerprint density at radius 3 is 1.80 bits per heavy atom. The zero-order chi connectivity index (χ0) is 15.5. The Labute approximate surface area is 125 Å². The van der Waals surface area contributed by atoms with E-state index in [1.165, 1.54) is 0 Å². The number of hydrogen-bond acceptors (Lipinski definition) is 4. The van der Waals surface area contributed by atoms with Gasteiger partial charge >= 0.3 is 0 Å². The fourth-order valence-corrected chi connectivity index (χ4v) is 1.52. The summed E-state index contributed by atoms with van der Waals surface area (Å²) < 4.78 is 16.5. The third-order valence-corrected chi connectivity index (χ3v) is 2.51. The molecule has 0 bridgehead atoms. The summed E-state index contributed by atoms with van der Waals surface area (Å²) in [7, 11) is 0. The molecule has 0 spiro atoms. The lowest BCUT2D eigenvalue weighted by Crippen LogP contribution is -2.36. The molecule has 0 amide bonds. The van der Waals surface area contributed by atoms with Crippen LogP contribution in [0.3, 0.4) is 0 Å². The van der Waals surface area contributed by atoms with Crippen LogP contribution in [0.25, 0.3) is 0 Å². The molecular formula is C16H35NO3. The van der Waals surface area contributed by atoms with E-state index in [0.29, 0.717) is 26.4 Å². The molecule has 0 unspecified atom stereocenters. The first kappa shape index (κ1) is 19.8. The van der Waals surface area contributed by atoms with Crippen LogP contribution in [0.15, 0.2) is 0 Å². The minimum atomic E-state index is -0.0824. The zero-order valence-electron chi connectivity index (χ0n) is 14.4. The summed E-state index contributed by atoms with van der Waals surface area (Å²) in [6.07, 6.45) is 2.24. The molecule has 0 saturated carbocycles. The maximum absolute atomic E-state index is 5.56. The molecule has 0 atom stereocenters. The van der Waals surface area contributed by atoms with Gasteiger partial charge in [-0.25, -0.2) is 0 Å². The van der Waals surface area contributed by atoms with Crippen LogP contribution in [0.1, 0.15) is 54.4 Å². The van der Waals surface area contributed by atoms with Gasteiger partial charge in [-0.15, -0.1) is 0 Å². The first-order valence-corrected chi connectivity index (χ1v) is 7.75. The normalized spacial score (nSPS) is 12.9. The van der Waals surface area contributed by atoms with Crippen LogP contribution in [-0.4, -0.2) is 50.7 Å². The molecule has 4 heteroatoms. The van der Waals surface area contributed by atoms with E-state index in [2.05, 4.69) is 26.1 Å². The average molecular weight is 289 g/mol. The van der Waals surface area contributed by atoms with Gasteiger partial charge in [-0.2, -0.15) is 0 Å². The highest BCUT2D eigenvalue weighted by Crippen LogP contribution is 2.05. The molecule has 20 heavy (non-hydrogen) atoms. The minimum Gasteiger partial charge on any atom is -0.379 e. The Morgan fingerprint density at radius 2 is 1.25 bits per heavy atom.